The third kappa shape index (κ3) is 1.44. The molecule has 1 rings (SSSR count). The lowest BCUT2D eigenvalue weighted by Crippen LogP contribution is -2.05. The maximum Gasteiger partial charge on any atom is 0.154 e. The van der Waals surface area contributed by atoms with E-state index in [0.717, 1.165) is 5.57 Å². The molecule has 0 saturated heterocycles. The fourth-order valence-corrected chi connectivity index (χ4v) is 0.558. The van der Waals surface area contributed by atoms with Gasteiger partial charge in [0, 0.05) is 12.4 Å². The molecule has 0 fully saturated rings. The van der Waals surface area contributed by atoms with Crippen molar-refractivity contribution in [1.29, 1.82) is 0 Å². The first-order chi connectivity index (χ1) is 4.70. The standard InChI is InChI=1S/C7H7BN2/c1-5(2)7-9-3-6(8)4-10-7/h3-4H,1H2,2H3. The van der Waals surface area contributed by atoms with Gasteiger partial charge in [-0.2, -0.15) is 0 Å². The summed E-state index contributed by atoms with van der Waals surface area (Å²) in [5.41, 5.74) is 1.42. The summed E-state index contributed by atoms with van der Waals surface area (Å²) < 4.78 is 0. The van der Waals surface area contributed by atoms with Crippen LogP contribution in [0, 0.1) is 0 Å². The van der Waals surface area contributed by atoms with Crippen molar-refractivity contribution in [3.63, 3.8) is 0 Å². The van der Waals surface area contributed by atoms with Crippen molar-refractivity contribution in [2.75, 3.05) is 0 Å². The van der Waals surface area contributed by atoms with Gasteiger partial charge in [-0.15, -0.1) is 0 Å². The van der Waals surface area contributed by atoms with Crippen LogP contribution in [-0.4, -0.2) is 17.8 Å². The number of allylic oxidation sites excluding steroid dienone is 1. The Morgan fingerprint density at radius 2 is 2.00 bits per heavy atom. The molecule has 48 valence electrons. The highest BCUT2D eigenvalue weighted by atomic mass is 14.9. The Morgan fingerprint density at radius 1 is 1.50 bits per heavy atom. The van der Waals surface area contributed by atoms with Crippen LogP contribution in [-0.2, 0) is 0 Å². The molecule has 0 aliphatic rings. The highest BCUT2D eigenvalue weighted by Crippen LogP contribution is 1.99. The molecule has 3 heteroatoms. The van der Waals surface area contributed by atoms with Gasteiger partial charge in [0.05, 0.1) is 0 Å². The van der Waals surface area contributed by atoms with Gasteiger partial charge in [0.2, 0.25) is 0 Å². The normalized spacial score (nSPS) is 9.30. The fraction of sp³-hybridized carbons (Fsp3) is 0.143. The van der Waals surface area contributed by atoms with Crippen molar-refractivity contribution in [3.05, 3.63) is 24.8 Å². The van der Waals surface area contributed by atoms with Crippen molar-refractivity contribution in [3.8, 4) is 0 Å². The minimum absolute atomic E-state index is 0.574. The molecule has 0 aliphatic carbocycles. The van der Waals surface area contributed by atoms with Crippen molar-refractivity contribution in [2.24, 2.45) is 0 Å². The van der Waals surface area contributed by atoms with E-state index in [1.165, 1.54) is 0 Å². The molecule has 1 aromatic rings. The van der Waals surface area contributed by atoms with Crippen LogP contribution in [0.1, 0.15) is 12.7 Å². The molecule has 0 saturated carbocycles. The molecule has 0 spiro atoms. The van der Waals surface area contributed by atoms with Crippen molar-refractivity contribution < 1.29 is 0 Å². The van der Waals surface area contributed by atoms with Gasteiger partial charge in [-0.05, 0) is 12.5 Å². The molecule has 0 aliphatic heterocycles. The molecule has 2 nitrogen and oxygen atoms in total. The lowest BCUT2D eigenvalue weighted by Gasteiger charge is -1.95. The first-order valence-corrected chi connectivity index (χ1v) is 2.93. The van der Waals surface area contributed by atoms with Gasteiger partial charge in [-0.3, -0.25) is 0 Å². The molecule has 0 unspecified atom stereocenters. The average Bonchev–Trinajstić information content (AvgIpc) is 1.88. The summed E-state index contributed by atoms with van der Waals surface area (Å²) in [4.78, 5) is 7.88. The van der Waals surface area contributed by atoms with E-state index in [-0.39, 0.29) is 0 Å². The van der Waals surface area contributed by atoms with Crippen molar-refractivity contribution >= 4 is 18.9 Å². The number of aromatic nitrogens is 2. The summed E-state index contributed by atoms with van der Waals surface area (Å²) >= 11 is 0. The lowest BCUT2D eigenvalue weighted by molar-refractivity contribution is 1.13. The Hall–Kier alpha value is -1.12. The minimum Gasteiger partial charge on any atom is -0.238 e. The molecular weight excluding hydrogens is 123 g/mol. The Labute approximate surface area is 61.4 Å². The van der Waals surface area contributed by atoms with E-state index in [0.29, 0.717) is 11.3 Å². The predicted octanol–water partition coefficient (Wildman–Crippen LogP) is 0.303. The van der Waals surface area contributed by atoms with Gasteiger partial charge in [0.15, 0.2) is 5.82 Å². The summed E-state index contributed by atoms with van der Waals surface area (Å²) in [7, 11) is 5.37. The van der Waals surface area contributed by atoms with Crippen LogP contribution >= 0.6 is 0 Å². The van der Waals surface area contributed by atoms with Gasteiger partial charge in [-0.1, -0.05) is 12.0 Å². The number of hydrogen-bond donors (Lipinski definition) is 0. The molecule has 2 radical (unpaired) electrons. The largest absolute Gasteiger partial charge is 0.238 e. The van der Waals surface area contributed by atoms with Crippen LogP contribution in [0.15, 0.2) is 19.0 Å². The first kappa shape index (κ1) is 7.00. The van der Waals surface area contributed by atoms with E-state index in [9.17, 15) is 0 Å². The van der Waals surface area contributed by atoms with Crippen LogP contribution in [0.25, 0.3) is 5.57 Å². The summed E-state index contributed by atoms with van der Waals surface area (Å²) in [6, 6.07) is 0. The number of nitrogens with zero attached hydrogens (tertiary/aromatic N) is 2. The minimum atomic E-state index is 0.574. The molecule has 1 aromatic heterocycles. The SMILES string of the molecule is [B]c1cnc(C(=C)C)nc1. The summed E-state index contributed by atoms with van der Waals surface area (Å²) in [6.45, 7) is 5.54. The molecule has 0 aromatic carbocycles. The van der Waals surface area contributed by atoms with E-state index in [1.807, 2.05) is 6.92 Å². The lowest BCUT2D eigenvalue weighted by atomic mass is 10.0. The Morgan fingerprint density at radius 3 is 2.40 bits per heavy atom. The summed E-state index contributed by atoms with van der Waals surface area (Å²) in [5, 5.41) is 0. The monoisotopic (exact) mass is 130 g/mol. The molecule has 1 heterocycles. The Bertz CT molecular complexity index is 240. The molecular formula is C7H7BN2. The van der Waals surface area contributed by atoms with E-state index < -0.39 is 0 Å². The van der Waals surface area contributed by atoms with Gasteiger partial charge in [0.1, 0.15) is 7.85 Å². The van der Waals surface area contributed by atoms with Gasteiger partial charge in [0.25, 0.3) is 0 Å². The maximum absolute atomic E-state index is 5.37. The second-order valence-corrected chi connectivity index (χ2v) is 2.12. The molecule has 0 bridgehead atoms. The van der Waals surface area contributed by atoms with Crippen LogP contribution in [0.4, 0.5) is 0 Å². The highest BCUT2D eigenvalue weighted by molar-refractivity contribution is 6.31. The quantitative estimate of drug-likeness (QED) is 0.511. The Kier molecular flexibility index (Phi) is 1.85. The smallest absolute Gasteiger partial charge is 0.154 e. The zero-order chi connectivity index (χ0) is 7.56. The van der Waals surface area contributed by atoms with E-state index >= 15 is 0 Å². The predicted molar refractivity (Wildman–Crippen MR) is 42.1 cm³/mol. The van der Waals surface area contributed by atoms with Crippen molar-refractivity contribution in [2.45, 2.75) is 6.92 Å². The second-order valence-electron chi connectivity index (χ2n) is 2.12. The Balaban J connectivity index is 3.00. The molecule has 0 amide bonds. The molecule has 0 atom stereocenters. The summed E-state index contributed by atoms with van der Waals surface area (Å²) in [6.07, 6.45) is 3.13. The zero-order valence-electron chi connectivity index (χ0n) is 5.83. The topological polar surface area (TPSA) is 25.8 Å². The third-order valence-electron chi connectivity index (χ3n) is 1.05. The number of hydrogen-bond acceptors (Lipinski definition) is 2. The highest BCUT2D eigenvalue weighted by Gasteiger charge is 1.92. The van der Waals surface area contributed by atoms with Gasteiger partial charge in [-0.25, -0.2) is 9.97 Å². The van der Waals surface area contributed by atoms with Crippen LogP contribution in [0.3, 0.4) is 0 Å². The van der Waals surface area contributed by atoms with Crippen LogP contribution in [0.5, 0.6) is 0 Å². The van der Waals surface area contributed by atoms with Crippen LogP contribution < -0.4 is 5.46 Å². The second kappa shape index (κ2) is 2.65. The van der Waals surface area contributed by atoms with E-state index in [2.05, 4.69) is 16.5 Å². The van der Waals surface area contributed by atoms with Gasteiger partial charge < -0.3 is 0 Å². The van der Waals surface area contributed by atoms with Crippen molar-refractivity contribution in [1.82, 2.24) is 9.97 Å². The van der Waals surface area contributed by atoms with E-state index in [4.69, 9.17) is 7.85 Å². The third-order valence-corrected chi connectivity index (χ3v) is 1.05. The maximum atomic E-state index is 5.37. The molecule has 0 N–H and O–H groups in total. The number of rotatable bonds is 1. The van der Waals surface area contributed by atoms with E-state index in [1.54, 1.807) is 12.4 Å². The summed E-state index contributed by atoms with van der Waals surface area (Å²) in [5.74, 6) is 0.647. The van der Waals surface area contributed by atoms with Crippen LogP contribution in [0.2, 0.25) is 0 Å². The molecule has 10 heavy (non-hydrogen) atoms. The average molecular weight is 130 g/mol. The fourth-order valence-electron chi connectivity index (χ4n) is 0.558. The first-order valence-electron chi connectivity index (χ1n) is 2.93. The zero-order valence-corrected chi connectivity index (χ0v) is 5.83. The van der Waals surface area contributed by atoms with Gasteiger partial charge >= 0.3 is 0 Å².